The van der Waals surface area contributed by atoms with Crippen molar-refractivity contribution in [2.45, 2.75) is 33.7 Å². The Morgan fingerprint density at radius 2 is 2.00 bits per heavy atom. The first-order chi connectivity index (χ1) is 11.5. The zero-order valence-electron chi connectivity index (χ0n) is 14.7. The van der Waals surface area contributed by atoms with Gasteiger partial charge < -0.3 is 4.90 Å². The second-order valence-electron chi connectivity index (χ2n) is 6.53. The van der Waals surface area contributed by atoms with Crippen LogP contribution in [0.15, 0.2) is 23.6 Å². The van der Waals surface area contributed by atoms with Crippen molar-refractivity contribution in [1.82, 2.24) is 14.8 Å². The molecule has 2 aromatic rings. The number of hydrogen-bond donors (Lipinski definition) is 0. The predicted octanol–water partition coefficient (Wildman–Crippen LogP) is 3.42. The van der Waals surface area contributed by atoms with Gasteiger partial charge in [0.2, 0.25) is 0 Å². The molecule has 0 aliphatic carbocycles. The van der Waals surface area contributed by atoms with Crippen molar-refractivity contribution < 1.29 is 4.79 Å². The van der Waals surface area contributed by atoms with E-state index in [9.17, 15) is 4.79 Å². The minimum Gasteiger partial charge on any atom is -0.337 e. The number of carbonyl (C=O) groups excluding carboxylic acids is 1. The molecule has 1 saturated heterocycles. The van der Waals surface area contributed by atoms with E-state index in [1.54, 1.807) is 11.3 Å². The van der Waals surface area contributed by atoms with Gasteiger partial charge in [-0.1, -0.05) is 12.1 Å². The van der Waals surface area contributed by atoms with E-state index in [0.29, 0.717) is 0 Å². The molecule has 1 fully saturated rings. The quantitative estimate of drug-likeness (QED) is 0.857. The first-order valence-electron chi connectivity index (χ1n) is 8.53. The smallest absolute Gasteiger partial charge is 0.254 e. The summed E-state index contributed by atoms with van der Waals surface area (Å²) >= 11 is 1.70. The Hall–Kier alpha value is -1.72. The summed E-state index contributed by atoms with van der Waals surface area (Å²) in [6.07, 6.45) is 1.01. The Balaban J connectivity index is 1.64. The van der Waals surface area contributed by atoms with Crippen molar-refractivity contribution >= 4 is 17.2 Å². The van der Waals surface area contributed by atoms with Crippen LogP contribution in [0.3, 0.4) is 0 Å². The molecule has 0 bridgehead atoms. The topological polar surface area (TPSA) is 36.4 Å². The molecule has 1 amide bonds. The highest BCUT2D eigenvalue weighted by atomic mass is 32.1. The van der Waals surface area contributed by atoms with Crippen LogP contribution in [-0.4, -0.2) is 46.9 Å². The van der Waals surface area contributed by atoms with Gasteiger partial charge in [0.05, 0.1) is 10.7 Å². The number of carbonyl (C=O) groups is 1. The third kappa shape index (κ3) is 3.84. The highest BCUT2D eigenvalue weighted by Crippen LogP contribution is 2.17. The molecule has 1 aliphatic rings. The van der Waals surface area contributed by atoms with Crippen molar-refractivity contribution in [3.05, 3.63) is 51.0 Å². The fraction of sp³-hybridized carbons (Fsp3) is 0.474. The number of nitrogens with zero attached hydrogens (tertiary/aromatic N) is 3. The molecule has 3 rings (SSSR count). The fourth-order valence-electron chi connectivity index (χ4n) is 3.20. The number of benzene rings is 1. The van der Waals surface area contributed by atoms with Crippen LogP contribution in [0, 0.1) is 20.8 Å². The molecule has 2 heterocycles. The number of amides is 1. The highest BCUT2D eigenvalue weighted by molar-refractivity contribution is 7.09. The zero-order chi connectivity index (χ0) is 17.1. The van der Waals surface area contributed by atoms with Crippen LogP contribution in [0.5, 0.6) is 0 Å². The molecular formula is C19H25N3OS. The molecular weight excluding hydrogens is 318 g/mol. The minimum absolute atomic E-state index is 0.169. The van der Waals surface area contributed by atoms with Gasteiger partial charge >= 0.3 is 0 Å². The van der Waals surface area contributed by atoms with Crippen molar-refractivity contribution in [3.8, 4) is 0 Å². The van der Waals surface area contributed by atoms with Crippen LogP contribution in [0.4, 0.5) is 0 Å². The first-order valence-corrected chi connectivity index (χ1v) is 9.41. The Morgan fingerprint density at radius 1 is 1.17 bits per heavy atom. The highest BCUT2D eigenvalue weighted by Gasteiger charge is 2.22. The lowest BCUT2D eigenvalue weighted by molar-refractivity contribution is 0.0760. The molecule has 0 radical (unpaired) electrons. The SMILES string of the molecule is Cc1nc(CN2CCCN(C(=O)c3cccc(C)c3C)CC2)cs1. The average molecular weight is 343 g/mol. The van der Waals surface area contributed by atoms with E-state index in [1.165, 1.54) is 5.56 Å². The minimum atomic E-state index is 0.169. The molecule has 128 valence electrons. The molecule has 0 spiro atoms. The van der Waals surface area contributed by atoms with Crippen molar-refractivity contribution in [1.29, 1.82) is 0 Å². The summed E-state index contributed by atoms with van der Waals surface area (Å²) in [5.41, 5.74) is 4.27. The van der Waals surface area contributed by atoms with Gasteiger partial charge in [-0.05, 0) is 44.4 Å². The number of aryl methyl sites for hydroxylation is 2. The van der Waals surface area contributed by atoms with Crippen LogP contribution in [0.2, 0.25) is 0 Å². The van der Waals surface area contributed by atoms with Gasteiger partial charge in [-0.15, -0.1) is 11.3 Å². The molecule has 1 aromatic carbocycles. The third-order valence-corrected chi connectivity index (χ3v) is 5.59. The maximum absolute atomic E-state index is 12.9. The maximum Gasteiger partial charge on any atom is 0.254 e. The van der Waals surface area contributed by atoms with Crippen LogP contribution in [0.1, 0.15) is 38.6 Å². The summed E-state index contributed by atoms with van der Waals surface area (Å²) in [5, 5.41) is 3.26. The molecule has 5 heteroatoms. The van der Waals surface area contributed by atoms with E-state index in [0.717, 1.165) is 61.0 Å². The molecule has 1 aliphatic heterocycles. The van der Waals surface area contributed by atoms with Gasteiger partial charge in [0.25, 0.3) is 5.91 Å². The first kappa shape index (κ1) is 17.1. The standard InChI is InChI=1S/C19H25N3OS/c1-14-6-4-7-18(15(14)2)19(23)22-9-5-8-21(10-11-22)12-17-13-24-16(3)20-17/h4,6-7,13H,5,8-12H2,1-3H3. The summed E-state index contributed by atoms with van der Waals surface area (Å²) in [4.78, 5) is 21.9. The van der Waals surface area contributed by atoms with Gasteiger partial charge in [0.1, 0.15) is 0 Å². The monoisotopic (exact) mass is 343 g/mol. The lowest BCUT2D eigenvalue weighted by Crippen LogP contribution is -2.35. The lowest BCUT2D eigenvalue weighted by Gasteiger charge is -2.22. The van der Waals surface area contributed by atoms with Gasteiger partial charge in [0.15, 0.2) is 0 Å². The molecule has 1 aromatic heterocycles. The Kier molecular flexibility index (Phi) is 5.31. The second kappa shape index (κ2) is 7.45. The average Bonchev–Trinajstić information content (AvgIpc) is 2.82. The number of aromatic nitrogens is 1. The van der Waals surface area contributed by atoms with Crippen molar-refractivity contribution in [2.75, 3.05) is 26.2 Å². The summed E-state index contributed by atoms with van der Waals surface area (Å²) < 4.78 is 0. The van der Waals surface area contributed by atoms with E-state index >= 15 is 0 Å². The summed E-state index contributed by atoms with van der Waals surface area (Å²) in [7, 11) is 0. The Bertz CT molecular complexity index is 725. The zero-order valence-corrected chi connectivity index (χ0v) is 15.5. The van der Waals surface area contributed by atoms with Crippen molar-refractivity contribution in [3.63, 3.8) is 0 Å². The molecule has 0 unspecified atom stereocenters. The van der Waals surface area contributed by atoms with Crippen LogP contribution >= 0.6 is 11.3 Å². The second-order valence-corrected chi connectivity index (χ2v) is 7.59. The largest absolute Gasteiger partial charge is 0.337 e. The van der Waals surface area contributed by atoms with E-state index in [1.807, 2.05) is 30.9 Å². The van der Waals surface area contributed by atoms with Gasteiger partial charge in [-0.2, -0.15) is 0 Å². The Labute approximate surface area is 148 Å². The summed E-state index contributed by atoms with van der Waals surface area (Å²) in [6, 6.07) is 5.99. The van der Waals surface area contributed by atoms with E-state index in [2.05, 4.69) is 28.3 Å². The van der Waals surface area contributed by atoms with Crippen LogP contribution in [0.25, 0.3) is 0 Å². The van der Waals surface area contributed by atoms with E-state index in [4.69, 9.17) is 0 Å². The molecule has 0 N–H and O–H groups in total. The van der Waals surface area contributed by atoms with Crippen molar-refractivity contribution in [2.24, 2.45) is 0 Å². The van der Waals surface area contributed by atoms with Gasteiger partial charge in [-0.3, -0.25) is 9.69 Å². The summed E-state index contributed by atoms with van der Waals surface area (Å²) in [5.74, 6) is 0.169. The predicted molar refractivity (Wildman–Crippen MR) is 98.6 cm³/mol. The van der Waals surface area contributed by atoms with Crippen LogP contribution in [-0.2, 0) is 6.54 Å². The number of hydrogen-bond acceptors (Lipinski definition) is 4. The number of thiazole rings is 1. The fourth-order valence-corrected chi connectivity index (χ4v) is 3.80. The van der Waals surface area contributed by atoms with Gasteiger partial charge in [0, 0.05) is 43.7 Å². The van der Waals surface area contributed by atoms with E-state index in [-0.39, 0.29) is 5.91 Å². The van der Waals surface area contributed by atoms with Gasteiger partial charge in [-0.25, -0.2) is 4.98 Å². The van der Waals surface area contributed by atoms with Crippen LogP contribution < -0.4 is 0 Å². The number of rotatable bonds is 3. The Morgan fingerprint density at radius 3 is 2.75 bits per heavy atom. The lowest BCUT2D eigenvalue weighted by atomic mass is 10.0. The maximum atomic E-state index is 12.9. The third-order valence-electron chi connectivity index (χ3n) is 4.76. The molecule has 4 nitrogen and oxygen atoms in total. The van der Waals surface area contributed by atoms with E-state index < -0.39 is 0 Å². The molecule has 0 atom stereocenters. The molecule has 0 saturated carbocycles. The molecule has 24 heavy (non-hydrogen) atoms. The summed E-state index contributed by atoms with van der Waals surface area (Å²) in [6.45, 7) is 10.6. The normalized spacial score (nSPS) is 16.2.